The van der Waals surface area contributed by atoms with Gasteiger partial charge in [0.2, 0.25) is 11.8 Å². The summed E-state index contributed by atoms with van der Waals surface area (Å²) in [6.07, 6.45) is 8.18. The van der Waals surface area contributed by atoms with Crippen LogP contribution in [0.4, 0.5) is 23.0 Å². The number of thiophene rings is 2. The molecule has 14 nitrogen and oxygen atoms in total. The van der Waals surface area contributed by atoms with Gasteiger partial charge in [0.15, 0.2) is 0 Å². The summed E-state index contributed by atoms with van der Waals surface area (Å²) in [6, 6.07) is 12.3. The lowest BCUT2D eigenvalue weighted by molar-refractivity contribution is -0.126. The summed E-state index contributed by atoms with van der Waals surface area (Å²) < 4.78 is 10.1. The van der Waals surface area contributed by atoms with E-state index in [-0.39, 0.29) is 35.7 Å². The Labute approximate surface area is 349 Å². The number of hydrogen-bond donors (Lipinski definition) is 4. The van der Waals surface area contributed by atoms with Gasteiger partial charge in [0, 0.05) is 45.0 Å². The molecule has 58 heavy (non-hydrogen) atoms. The maximum atomic E-state index is 12.5. The van der Waals surface area contributed by atoms with E-state index in [0.29, 0.717) is 0 Å². The fourth-order valence-electron chi connectivity index (χ4n) is 7.65. The van der Waals surface area contributed by atoms with E-state index in [1.54, 1.807) is 35.3 Å². The van der Waals surface area contributed by atoms with E-state index in [0.717, 1.165) is 102 Å². The monoisotopic (exact) mass is 848 g/mol. The van der Waals surface area contributed by atoms with E-state index in [4.69, 9.17) is 0 Å². The molecule has 0 bridgehead atoms. The number of aromatic nitrogens is 8. The van der Waals surface area contributed by atoms with Crippen LogP contribution in [0.5, 0.6) is 0 Å². The second-order valence-electron chi connectivity index (χ2n) is 15.2. The van der Waals surface area contributed by atoms with Crippen LogP contribution in [-0.4, -0.2) is 63.0 Å². The van der Waals surface area contributed by atoms with Crippen LogP contribution in [0.2, 0.25) is 0 Å². The van der Waals surface area contributed by atoms with Crippen molar-refractivity contribution in [3.8, 4) is 0 Å². The standard InChI is InChI=1S/2C20H20N6OS2/c2*1-10(2)23-19(27)11-3-5-13-15(7-11)28-20-17(13)18(21-9-22-20)24-12-4-6-14-16(8-12)29-26-25-14/h2*4,6,8-11H,3,5,7H2,1-2H3,(H,23,27)(H,21,22,24)/t2*11-/m00/s1. The van der Waals surface area contributed by atoms with Gasteiger partial charge in [-0.2, -0.15) is 0 Å². The van der Waals surface area contributed by atoms with E-state index in [1.165, 1.54) is 43.9 Å². The number of nitrogens with one attached hydrogen (secondary N) is 4. The first-order chi connectivity index (χ1) is 28.2. The van der Waals surface area contributed by atoms with Crippen molar-refractivity contribution >= 4 is 121 Å². The molecule has 296 valence electrons. The fourth-order valence-corrected chi connectivity index (χ4v) is 11.4. The van der Waals surface area contributed by atoms with Gasteiger partial charge in [0.05, 0.1) is 20.2 Å². The number of amides is 2. The number of rotatable bonds is 8. The highest BCUT2D eigenvalue weighted by atomic mass is 32.1. The van der Waals surface area contributed by atoms with Crippen molar-refractivity contribution in [2.45, 2.75) is 78.3 Å². The van der Waals surface area contributed by atoms with Gasteiger partial charge < -0.3 is 21.3 Å². The predicted molar refractivity (Wildman–Crippen MR) is 234 cm³/mol. The summed E-state index contributed by atoms with van der Waals surface area (Å²) in [5, 5.41) is 23.3. The zero-order valence-corrected chi connectivity index (χ0v) is 35.5. The maximum Gasteiger partial charge on any atom is 0.223 e. The minimum atomic E-state index is 0.0311. The summed E-state index contributed by atoms with van der Waals surface area (Å²) in [6.45, 7) is 8.00. The van der Waals surface area contributed by atoms with E-state index >= 15 is 0 Å². The van der Waals surface area contributed by atoms with Crippen LogP contribution in [-0.2, 0) is 35.3 Å². The van der Waals surface area contributed by atoms with Crippen LogP contribution in [0.3, 0.4) is 0 Å². The summed E-state index contributed by atoms with van der Waals surface area (Å²) in [7, 11) is 0. The third kappa shape index (κ3) is 7.80. The summed E-state index contributed by atoms with van der Waals surface area (Å²) >= 11 is 6.11. The second-order valence-corrected chi connectivity index (χ2v) is 18.9. The molecule has 18 heteroatoms. The zero-order chi connectivity index (χ0) is 39.9. The Morgan fingerprint density at radius 3 is 1.52 bits per heavy atom. The first-order valence-corrected chi connectivity index (χ1v) is 22.4. The van der Waals surface area contributed by atoms with Crippen molar-refractivity contribution in [2.24, 2.45) is 11.8 Å². The summed E-state index contributed by atoms with van der Waals surface area (Å²) in [4.78, 5) is 47.4. The molecule has 10 rings (SSSR count). The van der Waals surface area contributed by atoms with Gasteiger partial charge in [0.25, 0.3) is 0 Å². The van der Waals surface area contributed by atoms with Crippen molar-refractivity contribution in [3.63, 3.8) is 0 Å². The Kier molecular flexibility index (Phi) is 10.6. The van der Waals surface area contributed by atoms with Crippen LogP contribution < -0.4 is 21.3 Å². The van der Waals surface area contributed by atoms with Gasteiger partial charge >= 0.3 is 0 Å². The second kappa shape index (κ2) is 16.2. The molecule has 4 N–H and O–H groups in total. The Hall–Kier alpha value is -5.30. The highest BCUT2D eigenvalue weighted by Crippen LogP contribution is 2.42. The molecular weight excluding hydrogens is 809 g/mol. The molecule has 0 aliphatic heterocycles. The summed E-state index contributed by atoms with van der Waals surface area (Å²) in [5.41, 5.74) is 6.26. The number of hydrogen-bond acceptors (Lipinski definition) is 16. The predicted octanol–water partition coefficient (Wildman–Crippen LogP) is 8.14. The third-order valence-corrected chi connectivity index (χ3v) is 14.0. The van der Waals surface area contributed by atoms with E-state index in [1.807, 2.05) is 64.1 Å². The molecule has 2 aliphatic carbocycles. The zero-order valence-electron chi connectivity index (χ0n) is 32.2. The van der Waals surface area contributed by atoms with Crippen LogP contribution in [0, 0.1) is 11.8 Å². The number of carbonyl (C=O) groups excluding carboxylic acids is 2. The Bertz CT molecular complexity index is 2620. The third-order valence-electron chi connectivity index (χ3n) is 10.3. The Morgan fingerprint density at radius 2 is 1.09 bits per heavy atom. The molecule has 0 spiro atoms. The number of carbonyl (C=O) groups is 2. The largest absolute Gasteiger partial charge is 0.354 e. The molecule has 8 aromatic rings. The van der Waals surface area contributed by atoms with E-state index in [2.05, 4.69) is 60.4 Å². The van der Waals surface area contributed by atoms with Crippen LogP contribution in [0.15, 0.2) is 49.1 Å². The topological polar surface area (TPSA) is 185 Å². The van der Waals surface area contributed by atoms with Gasteiger partial charge in [-0.1, -0.05) is 8.98 Å². The van der Waals surface area contributed by atoms with E-state index < -0.39 is 0 Å². The first-order valence-electron chi connectivity index (χ1n) is 19.3. The average molecular weight is 849 g/mol. The van der Waals surface area contributed by atoms with Crippen molar-refractivity contribution < 1.29 is 9.59 Å². The number of aryl methyl sites for hydroxylation is 2. The molecule has 6 heterocycles. The first kappa shape index (κ1) is 38.2. The number of anilines is 4. The molecule has 2 aliphatic rings. The normalized spacial score (nSPS) is 16.3. The van der Waals surface area contributed by atoms with Crippen molar-refractivity contribution in [1.82, 2.24) is 49.7 Å². The molecule has 6 aromatic heterocycles. The lowest BCUT2D eigenvalue weighted by Gasteiger charge is -2.22. The van der Waals surface area contributed by atoms with Gasteiger partial charge in [0.1, 0.15) is 45.0 Å². The Balaban J connectivity index is 0.000000150. The molecule has 0 saturated carbocycles. The van der Waals surface area contributed by atoms with Crippen molar-refractivity contribution in [3.05, 3.63) is 69.9 Å². The minimum Gasteiger partial charge on any atom is -0.354 e. The molecule has 0 saturated heterocycles. The highest BCUT2D eigenvalue weighted by Gasteiger charge is 2.31. The van der Waals surface area contributed by atoms with Gasteiger partial charge in [-0.3, -0.25) is 9.59 Å². The molecular formula is C40H40N12O2S4. The number of benzene rings is 2. The van der Waals surface area contributed by atoms with Gasteiger partial charge in [-0.25, -0.2) is 19.9 Å². The smallest absolute Gasteiger partial charge is 0.223 e. The Morgan fingerprint density at radius 1 is 0.638 bits per heavy atom. The highest BCUT2D eigenvalue weighted by molar-refractivity contribution is 7.19. The van der Waals surface area contributed by atoms with Crippen LogP contribution >= 0.6 is 45.7 Å². The fraction of sp³-hybridized carbons (Fsp3) is 0.350. The number of nitrogens with zero attached hydrogens (tertiary/aromatic N) is 8. The van der Waals surface area contributed by atoms with Gasteiger partial charge in [-0.15, -0.1) is 32.9 Å². The molecule has 0 unspecified atom stereocenters. The molecule has 2 amide bonds. The van der Waals surface area contributed by atoms with Gasteiger partial charge in [-0.05, 0) is 137 Å². The molecule has 0 radical (unpaired) electrons. The maximum absolute atomic E-state index is 12.5. The number of fused-ring (bicyclic) bond motifs is 8. The average Bonchev–Trinajstić information content (AvgIpc) is 4.01. The quantitative estimate of drug-likeness (QED) is 0.115. The minimum absolute atomic E-state index is 0.0311. The SMILES string of the molecule is CC(C)NC(=O)[C@H]1CCc2c(sc3ncnc(Nc4ccc5nnsc5c4)c23)C1.CC(C)NC(=O)[C@H]1CCc2c(sc3ncnc(Nc4ccc5nnsc5c4)c23)C1. The van der Waals surface area contributed by atoms with Crippen LogP contribution in [0.25, 0.3) is 40.9 Å². The van der Waals surface area contributed by atoms with E-state index in [9.17, 15) is 9.59 Å². The molecule has 0 fully saturated rings. The lowest BCUT2D eigenvalue weighted by atomic mass is 9.87. The van der Waals surface area contributed by atoms with Crippen molar-refractivity contribution in [1.29, 1.82) is 0 Å². The van der Waals surface area contributed by atoms with Crippen LogP contribution in [0.1, 0.15) is 61.4 Å². The molecule has 2 atom stereocenters. The van der Waals surface area contributed by atoms with Crippen molar-refractivity contribution in [2.75, 3.05) is 10.6 Å². The molecule has 2 aromatic carbocycles. The lowest BCUT2D eigenvalue weighted by Crippen LogP contribution is -2.37. The summed E-state index contributed by atoms with van der Waals surface area (Å²) in [5.74, 6) is 1.99.